The van der Waals surface area contributed by atoms with Crippen molar-refractivity contribution >= 4 is 29.2 Å². The lowest BCUT2D eigenvalue weighted by molar-refractivity contribution is -0.122. The van der Waals surface area contributed by atoms with Gasteiger partial charge in [0.2, 0.25) is 11.8 Å². The maximum atomic E-state index is 11.9. The van der Waals surface area contributed by atoms with Gasteiger partial charge in [-0.3, -0.25) is 9.59 Å². The van der Waals surface area contributed by atoms with Crippen LogP contribution >= 0.6 is 11.6 Å². The standard InChI is InChI=1S/C11H11ClN2O2/c1-6-7(2)11(16)14(10(6)15)9-8(12)4-3-5-13-9/h3-7H,1-2H3. The molecule has 0 saturated carbocycles. The fourth-order valence-electron chi connectivity index (χ4n) is 1.69. The number of carbonyl (C=O) groups is 2. The molecule has 2 unspecified atom stereocenters. The minimum absolute atomic E-state index is 0.232. The fraction of sp³-hybridized carbons (Fsp3) is 0.364. The van der Waals surface area contributed by atoms with Crippen LogP contribution in [0.25, 0.3) is 0 Å². The highest BCUT2D eigenvalue weighted by Gasteiger charge is 2.44. The number of pyridine rings is 1. The van der Waals surface area contributed by atoms with E-state index in [0.717, 1.165) is 4.90 Å². The van der Waals surface area contributed by atoms with E-state index >= 15 is 0 Å². The molecule has 1 fully saturated rings. The van der Waals surface area contributed by atoms with Gasteiger partial charge in [-0.1, -0.05) is 25.4 Å². The normalized spacial score (nSPS) is 25.3. The van der Waals surface area contributed by atoms with Crippen molar-refractivity contribution in [2.75, 3.05) is 4.90 Å². The van der Waals surface area contributed by atoms with Crippen molar-refractivity contribution in [3.63, 3.8) is 0 Å². The summed E-state index contributed by atoms with van der Waals surface area (Å²) in [7, 11) is 0. The molecular formula is C11H11ClN2O2. The molecule has 0 bridgehead atoms. The van der Waals surface area contributed by atoms with Crippen molar-refractivity contribution < 1.29 is 9.59 Å². The predicted molar refractivity (Wildman–Crippen MR) is 60.1 cm³/mol. The molecule has 2 atom stereocenters. The molecular weight excluding hydrogens is 228 g/mol. The van der Waals surface area contributed by atoms with Crippen LogP contribution in [-0.2, 0) is 9.59 Å². The third-order valence-corrected chi connectivity index (χ3v) is 3.22. The van der Waals surface area contributed by atoms with E-state index in [-0.39, 0.29) is 29.5 Å². The third-order valence-electron chi connectivity index (χ3n) is 2.92. The average molecular weight is 239 g/mol. The van der Waals surface area contributed by atoms with Gasteiger partial charge in [-0.05, 0) is 12.1 Å². The Kier molecular flexibility index (Phi) is 2.68. The van der Waals surface area contributed by atoms with Crippen LogP contribution in [0.15, 0.2) is 18.3 Å². The zero-order chi connectivity index (χ0) is 11.9. The van der Waals surface area contributed by atoms with Crippen molar-refractivity contribution in [1.82, 2.24) is 4.98 Å². The fourth-order valence-corrected chi connectivity index (χ4v) is 1.90. The van der Waals surface area contributed by atoms with Gasteiger partial charge in [-0.15, -0.1) is 0 Å². The van der Waals surface area contributed by atoms with Crippen LogP contribution in [-0.4, -0.2) is 16.8 Å². The van der Waals surface area contributed by atoms with Crippen molar-refractivity contribution in [3.05, 3.63) is 23.4 Å². The molecule has 1 saturated heterocycles. The third kappa shape index (κ3) is 1.50. The van der Waals surface area contributed by atoms with Crippen LogP contribution in [0.1, 0.15) is 13.8 Å². The molecule has 2 heterocycles. The molecule has 16 heavy (non-hydrogen) atoms. The molecule has 0 radical (unpaired) electrons. The average Bonchev–Trinajstić information content (AvgIpc) is 2.45. The Hall–Kier alpha value is -1.42. The van der Waals surface area contributed by atoms with Crippen LogP contribution in [0.4, 0.5) is 5.82 Å². The number of aromatic nitrogens is 1. The van der Waals surface area contributed by atoms with Crippen LogP contribution in [0.5, 0.6) is 0 Å². The molecule has 1 aromatic heterocycles. The molecule has 2 amide bonds. The molecule has 5 heteroatoms. The van der Waals surface area contributed by atoms with Crippen molar-refractivity contribution in [2.45, 2.75) is 13.8 Å². The Morgan fingerprint density at radius 1 is 1.25 bits per heavy atom. The maximum absolute atomic E-state index is 11.9. The molecule has 84 valence electrons. The first kappa shape index (κ1) is 11.1. The minimum Gasteiger partial charge on any atom is -0.274 e. The molecule has 0 aliphatic carbocycles. The van der Waals surface area contributed by atoms with Crippen LogP contribution in [0.2, 0.25) is 5.02 Å². The highest BCUT2D eigenvalue weighted by Crippen LogP contribution is 2.32. The molecule has 1 aromatic rings. The predicted octanol–water partition coefficient (Wildman–Crippen LogP) is 1.88. The van der Waals surface area contributed by atoms with E-state index in [2.05, 4.69) is 4.98 Å². The molecule has 4 nitrogen and oxygen atoms in total. The zero-order valence-electron chi connectivity index (χ0n) is 8.98. The van der Waals surface area contributed by atoms with Crippen LogP contribution < -0.4 is 4.90 Å². The summed E-state index contributed by atoms with van der Waals surface area (Å²) in [5.74, 6) is -0.872. The summed E-state index contributed by atoms with van der Waals surface area (Å²) in [5, 5.41) is 0.311. The molecule has 2 rings (SSSR count). The molecule has 0 aromatic carbocycles. The van der Waals surface area contributed by atoms with Crippen LogP contribution in [0.3, 0.4) is 0 Å². The van der Waals surface area contributed by atoms with Crippen LogP contribution in [0, 0.1) is 11.8 Å². The van der Waals surface area contributed by atoms with Gasteiger partial charge >= 0.3 is 0 Å². The van der Waals surface area contributed by atoms with E-state index in [9.17, 15) is 9.59 Å². The lowest BCUT2D eigenvalue weighted by Gasteiger charge is -2.14. The van der Waals surface area contributed by atoms with Crippen molar-refractivity contribution in [1.29, 1.82) is 0 Å². The smallest absolute Gasteiger partial charge is 0.238 e. The molecule has 0 N–H and O–H groups in total. The van der Waals surface area contributed by atoms with E-state index in [1.54, 1.807) is 26.0 Å². The summed E-state index contributed by atoms with van der Waals surface area (Å²) in [5.41, 5.74) is 0. The Bertz CT molecular complexity index is 441. The zero-order valence-corrected chi connectivity index (χ0v) is 9.73. The van der Waals surface area contributed by atoms with Gasteiger partial charge in [0.15, 0.2) is 5.82 Å². The highest BCUT2D eigenvalue weighted by atomic mass is 35.5. The Morgan fingerprint density at radius 2 is 1.81 bits per heavy atom. The first-order chi connectivity index (χ1) is 7.54. The number of anilines is 1. The number of nitrogens with zero attached hydrogens (tertiary/aromatic N) is 2. The number of halogens is 1. The summed E-state index contributed by atoms with van der Waals surface area (Å²) in [6, 6.07) is 3.27. The molecule has 1 aliphatic heterocycles. The van der Waals surface area contributed by atoms with Gasteiger partial charge in [-0.25, -0.2) is 9.88 Å². The molecule has 0 spiro atoms. The first-order valence-corrected chi connectivity index (χ1v) is 5.40. The SMILES string of the molecule is CC1C(=O)N(c2ncccc2Cl)C(=O)C1C. The van der Waals surface area contributed by atoms with E-state index in [4.69, 9.17) is 11.6 Å². The second-order valence-corrected chi connectivity index (χ2v) is 4.31. The summed E-state index contributed by atoms with van der Waals surface area (Å²) in [6.45, 7) is 3.48. The Balaban J connectivity index is 2.47. The summed E-state index contributed by atoms with van der Waals surface area (Å²) in [4.78, 5) is 28.8. The first-order valence-electron chi connectivity index (χ1n) is 5.02. The van der Waals surface area contributed by atoms with Gasteiger partial charge < -0.3 is 0 Å². The molecule has 1 aliphatic rings. The van der Waals surface area contributed by atoms with E-state index in [0.29, 0.717) is 5.02 Å². The van der Waals surface area contributed by atoms with Gasteiger partial charge in [0.25, 0.3) is 0 Å². The summed E-state index contributed by atoms with van der Waals surface area (Å²) >= 11 is 5.92. The Morgan fingerprint density at radius 3 is 2.31 bits per heavy atom. The van der Waals surface area contributed by atoms with Gasteiger partial charge in [0.1, 0.15) is 0 Å². The lowest BCUT2D eigenvalue weighted by atomic mass is 10.00. The van der Waals surface area contributed by atoms with Gasteiger partial charge in [0.05, 0.1) is 5.02 Å². The quantitative estimate of drug-likeness (QED) is 0.702. The van der Waals surface area contributed by atoms with Gasteiger partial charge in [-0.2, -0.15) is 0 Å². The monoisotopic (exact) mass is 238 g/mol. The highest BCUT2D eigenvalue weighted by molar-refractivity contribution is 6.35. The number of amides is 2. The summed E-state index contributed by atoms with van der Waals surface area (Å²) in [6.07, 6.45) is 1.51. The topological polar surface area (TPSA) is 50.3 Å². The van der Waals surface area contributed by atoms with E-state index < -0.39 is 0 Å². The van der Waals surface area contributed by atoms with Crippen molar-refractivity contribution in [3.8, 4) is 0 Å². The number of hydrogen-bond donors (Lipinski definition) is 0. The number of imide groups is 1. The maximum Gasteiger partial charge on any atom is 0.238 e. The largest absolute Gasteiger partial charge is 0.274 e. The number of carbonyl (C=O) groups excluding carboxylic acids is 2. The Labute approximate surface area is 98.2 Å². The lowest BCUT2D eigenvalue weighted by Crippen LogP contribution is -2.31. The van der Waals surface area contributed by atoms with E-state index in [1.165, 1.54) is 6.20 Å². The minimum atomic E-state index is -0.314. The van der Waals surface area contributed by atoms with Crippen molar-refractivity contribution in [2.24, 2.45) is 11.8 Å². The van der Waals surface area contributed by atoms with Gasteiger partial charge in [0, 0.05) is 18.0 Å². The second kappa shape index (κ2) is 3.87. The number of hydrogen-bond acceptors (Lipinski definition) is 3. The van der Waals surface area contributed by atoms with E-state index in [1.807, 2.05) is 0 Å². The summed E-state index contributed by atoms with van der Waals surface area (Å²) < 4.78 is 0. The second-order valence-electron chi connectivity index (χ2n) is 3.90. The number of rotatable bonds is 1.